The van der Waals surface area contributed by atoms with E-state index in [9.17, 15) is 0 Å². The molecule has 0 fully saturated rings. The average molecular weight is 310 g/mol. The van der Waals surface area contributed by atoms with E-state index in [1.165, 1.54) is 0 Å². The summed E-state index contributed by atoms with van der Waals surface area (Å²) in [6.07, 6.45) is 1.07. The van der Waals surface area contributed by atoms with Crippen molar-refractivity contribution in [2.45, 2.75) is 26.0 Å². The maximum absolute atomic E-state index is 5.82. The van der Waals surface area contributed by atoms with E-state index in [4.69, 9.17) is 15.0 Å². The Morgan fingerprint density at radius 2 is 2.33 bits per heavy atom. The SMILES string of the molecule is CC1Cc2cc(Br)cc(-c3noc(CN)n3)c2O1. The van der Waals surface area contributed by atoms with Gasteiger partial charge in [-0.3, -0.25) is 0 Å². The third kappa shape index (κ3) is 1.91. The second-order valence-corrected chi connectivity index (χ2v) is 5.21. The fourth-order valence-electron chi connectivity index (χ4n) is 2.11. The van der Waals surface area contributed by atoms with E-state index in [1.807, 2.05) is 13.0 Å². The molecular weight excluding hydrogens is 298 g/mol. The second-order valence-electron chi connectivity index (χ2n) is 4.29. The molecular formula is C12H12BrN3O2. The number of aromatic nitrogens is 2. The fraction of sp³-hybridized carbons (Fsp3) is 0.333. The summed E-state index contributed by atoms with van der Waals surface area (Å²) < 4.78 is 11.8. The first kappa shape index (κ1) is 11.7. The smallest absolute Gasteiger partial charge is 0.240 e. The summed E-state index contributed by atoms with van der Waals surface area (Å²) in [7, 11) is 0. The van der Waals surface area contributed by atoms with Gasteiger partial charge in [0.1, 0.15) is 11.9 Å². The molecule has 1 atom stereocenters. The van der Waals surface area contributed by atoms with Gasteiger partial charge in [0, 0.05) is 10.9 Å². The summed E-state index contributed by atoms with van der Waals surface area (Å²) in [5.41, 5.74) is 7.47. The Morgan fingerprint density at radius 3 is 3.06 bits per heavy atom. The summed E-state index contributed by atoms with van der Waals surface area (Å²) in [6.45, 7) is 2.28. The number of benzene rings is 1. The Hall–Kier alpha value is -1.40. The van der Waals surface area contributed by atoms with Gasteiger partial charge in [0.05, 0.1) is 12.1 Å². The van der Waals surface area contributed by atoms with Gasteiger partial charge >= 0.3 is 0 Å². The Morgan fingerprint density at radius 1 is 1.50 bits per heavy atom. The Labute approximate surface area is 112 Å². The molecule has 2 N–H and O–H groups in total. The van der Waals surface area contributed by atoms with Crippen LogP contribution >= 0.6 is 15.9 Å². The van der Waals surface area contributed by atoms with Crippen LogP contribution in [0.5, 0.6) is 5.75 Å². The Kier molecular flexibility index (Phi) is 2.83. The van der Waals surface area contributed by atoms with Crippen molar-refractivity contribution in [3.05, 3.63) is 28.1 Å². The van der Waals surface area contributed by atoms with Crippen molar-refractivity contribution in [2.75, 3.05) is 0 Å². The molecule has 0 radical (unpaired) electrons. The summed E-state index contributed by atoms with van der Waals surface area (Å²) in [5, 5.41) is 3.93. The van der Waals surface area contributed by atoms with Crippen LogP contribution in [0.1, 0.15) is 18.4 Å². The van der Waals surface area contributed by atoms with Gasteiger partial charge in [-0.25, -0.2) is 0 Å². The molecule has 0 amide bonds. The topological polar surface area (TPSA) is 74.2 Å². The number of ether oxygens (including phenoxy) is 1. The zero-order valence-electron chi connectivity index (χ0n) is 9.81. The summed E-state index contributed by atoms with van der Waals surface area (Å²) >= 11 is 3.49. The molecule has 0 spiro atoms. The molecule has 0 bridgehead atoms. The van der Waals surface area contributed by atoms with Gasteiger partial charge in [0.25, 0.3) is 0 Å². The van der Waals surface area contributed by atoms with Gasteiger partial charge in [-0.1, -0.05) is 21.1 Å². The first-order valence-corrected chi connectivity index (χ1v) is 6.48. The zero-order valence-corrected chi connectivity index (χ0v) is 11.4. The van der Waals surface area contributed by atoms with Crippen LogP contribution in [0.2, 0.25) is 0 Å². The molecule has 2 aromatic rings. The number of halogens is 1. The lowest BCUT2D eigenvalue weighted by atomic mass is 10.1. The highest BCUT2D eigenvalue weighted by Crippen LogP contribution is 2.39. The van der Waals surface area contributed by atoms with Crippen molar-refractivity contribution in [3.8, 4) is 17.1 Å². The van der Waals surface area contributed by atoms with E-state index in [0.717, 1.165) is 27.8 Å². The quantitative estimate of drug-likeness (QED) is 0.921. The fourth-order valence-corrected chi connectivity index (χ4v) is 2.61. The van der Waals surface area contributed by atoms with Gasteiger partial charge in [-0.2, -0.15) is 4.98 Å². The van der Waals surface area contributed by atoms with Gasteiger partial charge in [0.2, 0.25) is 11.7 Å². The van der Waals surface area contributed by atoms with E-state index in [2.05, 4.69) is 32.1 Å². The van der Waals surface area contributed by atoms with Crippen LogP contribution in [-0.2, 0) is 13.0 Å². The van der Waals surface area contributed by atoms with Crippen molar-refractivity contribution in [1.82, 2.24) is 10.1 Å². The zero-order chi connectivity index (χ0) is 12.7. The lowest BCUT2D eigenvalue weighted by Crippen LogP contribution is -2.05. The minimum absolute atomic E-state index is 0.175. The maximum atomic E-state index is 5.82. The molecule has 3 rings (SSSR count). The molecule has 2 heterocycles. The number of rotatable bonds is 2. The van der Waals surface area contributed by atoms with E-state index in [-0.39, 0.29) is 12.6 Å². The van der Waals surface area contributed by atoms with Crippen LogP contribution in [0, 0.1) is 0 Å². The summed E-state index contributed by atoms with van der Waals surface area (Å²) in [5.74, 6) is 1.78. The number of nitrogens with two attached hydrogens (primary N) is 1. The number of nitrogens with zero attached hydrogens (tertiary/aromatic N) is 2. The minimum Gasteiger partial charge on any atom is -0.489 e. The van der Waals surface area contributed by atoms with Crippen LogP contribution in [-0.4, -0.2) is 16.2 Å². The first-order chi connectivity index (χ1) is 8.67. The molecule has 94 valence electrons. The molecule has 1 aliphatic heterocycles. The highest BCUT2D eigenvalue weighted by molar-refractivity contribution is 9.10. The molecule has 1 aromatic heterocycles. The van der Waals surface area contributed by atoms with Gasteiger partial charge < -0.3 is 15.0 Å². The van der Waals surface area contributed by atoms with Crippen LogP contribution in [0.3, 0.4) is 0 Å². The van der Waals surface area contributed by atoms with E-state index >= 15 is 0 Å². The predicted molar refractivity (Wildman–Crippen MR) is 69.1 cm³/mol. The monoisotopic (exact) mass is 309 g/mol. The molecule has 6 heteroatoms. The van der Waals surface area contributed by atoms with Crippen LogP contribution in [0.25, 0.3) is 11.4 Å². The molecule has 1 aliphatic rings. The lowest BCUT2D eigenvalue weighted by Gasteiger charge is -2.06. The van der Waals surface area contributed by atoms with Crippen LogP contribution < -0.4 is 10.5 Å². The third-order valence-electron chi connectivity index (χ3n) is 2.84. The molecule has 0 saturated carbocycles. The van der Waals surface area contributed by atoms with Gasteiger partial charge in [0.15, 0.2) is 0 Å². The van der Waals surface area contributed by atoms with Crippen LogP contribution in [0.15, 0.2) is 21.1 Å². The molecule has 18 heavy (non-hydrogen) atoms. The number of fused-ring (bicyclic) bond motifs is 1. The lowest BCUT2D eigenvalue weighted by molar-refractivity contribution is 0.255. The van der Waals surface area contributed by atoms with E-state index < -0.39 is 0 Å². The van der Waals surface area contributed by atoms with E-state index in [0.29, 0.717) is 11.7 Å². The molecule has 1 unspecified atom stereocenters. The second kappa shape index (κ2) is 4.37. The summed E-state index contributed by atoms with van der Waals surface area (Å²) in [4.78, 5) is 4.24. The molecule has 1 aromatic carbocycles. The van der Waals surface area contributed by atoms with Crippen molar-refractivity contribution in [1.29, 1.82) is 0 Å². The van der Waals surface area contributed by atoms with Crippen molar-refractivity contribution >= 4 is 15.9 Å². The Bertz CT molecular complexity index is 597. The summed E-state index contributed by atoms with van der Waals surface area (Å²) in [6, 6.07) is 3.99. The number of hydrogen-bond donors (Lipinski definition) is 1. The minimum atomic E-state index is 0.175. The van der Waals surface area contributed by atoms with Gasteiger partial charge in [-0.15, -0.1) is 0 Å². The Balaban J connectivity index is 2.12. The average Bonchev–Trinajstić information content (AvgIpc) is 2.93. The van der Waals surface area contributed by atoms with E-state index in [1.54, 1.807) is 0 Å². The third-order valence-corrected chi connectivity index (χ3v) is 3.30. The predicted octanol–water partition coefficient (Wildman–Crippen LogP) is 2.28. The molecule has 0 saturated heterocycles. The first-order valence-electron chi connectivity index (χ1n) is 5.69. The normalized spacial score (nSPS) is 17.6. The standard InChI is InChI=1S/C12H12BrN3O2/c1-6-2-7-3-8(13)4-9(11(7)17-6)12-15-10(5-14)18-16-12/h3-4,6H,2,5,14H2,1H3. The van der Waals surface area contributed by atoms with Crippen molar-refractivity contribution in [2.24, 2.45) is 5.73 Å². The number of hydrogen-bond acceptors (Lipinski definition) is 5. The maximum Gasteiger partial charge on any atom is 0.240 e. The molecule has 5 nitrogen and oxygen atoms in total. The largest absolute Gasteiger partial charge is 0.489 e. The highest BCUT2D eigenvalue weighted by atomic mass is 79.9. The van der Waals surface area contributed by atoms with Crippen molar-refractivity contribution < 1.29 is 9.26 Å². The van der Waals surface area contributed by atoms with Crippen molar-refractivity contribution in [3.63, 3.8) is 0 Å². The highest BCUT2D eigenvalue weighted by Gasteiger charge is 2.25. The van der Waals surface area contributed by atoms with Crippen LogP contribution in [0.4, 0.5) is 0 Å². The molecule has 0 aliphatic carbocycles. The van der Waals surface area contributed by atoms with Gasteiger partial charge in [-0.05, 0) is 24.6 Å².